The highest BCUT2D eigenvalue weighted by Gasteiger charge is 2.39. The van der Waals surface area contributed by atoms with Crippen molar-refractivity contribution in [3.8, 4) is 11.8 Å². The molecule has 13 heteroatoms. The van der Waals surface area contributed by atoms with Gasteiger partial charge in [0.25, 0.3) is 5.91 Å². The number of rotatable bonds is 5. The van der Waals surface area contributed by atoms with E-state index in [1.54, 1.807) is 20.8 Å². The lowest BCUT2D eigenvalue weighted by Crippen LogP contribution is -2.56. The summed E-state index contributed by atoms with van der Waals surface area (Å²) >= 11 is 0. The molecule has 1 unspecified atom stereocenters. The van der Waals surface area contributed by atoms with Gasteiger partial charge in [0.2, 0.25) is 0 Å². The lowest BCUT2D eigenvalue weighted by atomic mass is 9.97. The van der Waals surface area contributed by atoms with Crippen molar-refractivity contribution < 1.29 is 45.4 Å². The van der Waals surface area contributed by atoms with E-state index in [1.165, 1.54) is 4.90 Å². The van der Waals surface area contributed by atoms with Crippen molar-refractivity contribution >= 4 is 11.9 Å². The first-order valence-electron chi connectivity index (χ1n) is 15.3. The molecule has 2 saturated heterocycles. The molecule has 0 spiro atoms. The van der Waals surface area contributed by atoms with E-state index in [1.807, 2.05) is 36.9 Å². The molecular weight excluding hydrogens is 628 g/mol. The van der Waals surface area contributed by atoms with Crippen molar-refractivity contribution in [1.29, 1.82) is 0 Å². The molecule has 2 aliphatic heterocycles. The van der Waals surface area contributed by atoms with E-state index in [4.69, 9.17) is 9.47 Å². The van der Waals surface area contributed by atoms with Gasteiger partial charge in [0.15, 0.2) is 6.10 Å². The number of piperazine rings is 1. The second-order valence-electron chi connectivity index (χ2n) is 12.9. The van der Waals surface area contributed by atoms with Crippen LogP contribution in [0.25, 0.3) is 0 Å². The minimum Gasteiger partial charge on any atom is -0.458 e. The molecule has 7 nitrogen and oxygen atoms in total. The number of carbonyl (C=O) groups excluding carboxylic acids is 2. The maximum Gasteiger partial charge on any atom is 0.416 e. The summed E-state index contributed by atoms with van der Waals surface area (Å²) in [6, 6.07) is 5.54. The summed E-state index contributed by atoms with van der Waals surface area (Å²) in [4.78, 5) is 29.7. The van der Waals surface area contributed by atoms with E-state index >= 15 is 0 Å². The number of carbonyl (C=O) groups is 2. The van der Waals surface area contributed by atoms with Crippen LogP contribution in [0.5, 0.6) is 0 Å². The SMILES string of the molecule is Cc1ccc(C[C@@H]2CN(CC#C[C@H]3NCCOC3C(=O)OC(C)(C)C)CCN2C(=O)c2cc(C(F)(F)F)cc(C(F)(F)F)c2)cc1C. The van der Waals surface area contributed by atoms with Crippen LogP contribution in [0, 0.1) is 25.7 Å². The summed E-state index contributed by atoms with van der Waals surface area (Å²) in [6.45, 7) is 10.8. The number of benzene rings is 2. The highest BCUT2D eigenvalue weighted by atomic mass is 19.4. The van der Waals surface area contributed by atoms with E-state index in [9.17, 15) is 35.9 Å². The first-order chi connectivity index (χ1) is 21.8. The number of halogens is 6. The molecular formula is C34H39F6N3O4. The van der Waals surface area contributed by atoms with Crippen molar-refractivity contribution in [2.75, 3.05) is 39.3 Å². The Morgan fingerprint density at radius 1 is 0.957 bits per heavy atom. The fourth-order valence-electron chi connectivity index (χ4n) is 5.51. The van der Waals surface area contributed by atoms with Crippen molar-refractivity contribution in [2.45, 2.75) is 77.2 Å². The number of hydrogen-bond donors (Lipinski definition) is 1. The van der Waals surface area contributed by atoms with E-state index in [2.05, 4.69) is 17.2 Å². The first kappa shape index (κ1) is 36.2. The van der Waals surface area contributed by atoms with Crippen LogP contribution in [0.3, 0.4) is 0 Å². The lowest BCUT2D eigenvalue weighted by Gasteiger charge is -2.41. The van der Waals surface area contributed by atoms with Gasteiger partial charge in [-0.15, -0.1) is 0 Å². The Hall–Kier alpha value is -3.60. The highest BCUT2D eigenvalue weighted by Crippen LogP contribution is 2.37. The molecule has 2 heterocycles. The zero-order valence-corrected chi connectivity index (χ0v) is 26.9. The Balaban J connectivity index is 1.58. The Morgan fingerprint density at radius 2 is 1.62 bits per heavy atom. The molecule has 4 rings (SSSR count). The van der Waals surface area contributed by atoms with Crippen LogP contribution >= 0.6 is 0 Å². The third-order valence-electron chi connectivity index (χ3n) is 7.97. The van der Waals surface area contributed by atoms with Gasteiger partial charge in [-0.05, 0) is 75.9 Å². The van der Waals surface area contributed by atoms with Crippen molar-refractivity contribution in [1.82, 2.24) is 15.1 Å². The van der Waals surface area contributed by atoms with Crippen molar-refractivity contribution in [3.05, 3.63) is 69.8 Å². The zero-order valence-electron chi connectivity index (χ0n) is 26.9. The van der Waals surface area contributed by atoms with Gasteiger partial charge < -0.3 is 14.4 Å². The molecule has 0 radical (unpaired) electrons. The van der Waals surface area contributed by atoms with Gasteiger partial charge in [-0.1, -0.05) is 30.0 Å². The summed E-state index contributed by atoms with van der Waals surface area (Å²) in [6.07, 6.45) is -10.8. The Morgan fingerprint density at radius 3 is 2.21 bits per heavy atom. The zero-order chi connectivity index (χ0) is 34.7. The summed E-state index contributed by atoms with van der Waals surface area (Å²) in [5.74, 6) is 4.67. The molecule has 256 valence electrons. The van der Waals surface area contributed by atoms with Crippen LogP contribution in [-0.4, -0.2) is 84.8 Å². The molecule has 1 N–H and O–H groups in total. The average molecular weight is 668 g/mol. The lowest BCUT2D eigenvalue weighted by molar-refractivity contribution is -0.171. The molecule has 3 atom stereocenters. The van der Waals surface area contributed by atoms with E-state index < -0.39 is 64.7 Å². The molecule has 47 heavy (non-hydrogen) atoms. The van der Waals surface area contributed by atoms with Gasteiger partial charge in [-0.3, -0.25) is 15.0 Å². The Labute approximate surface area is 270 Å². The topological polar surface area (TPSA) is 71.1 Å². The predicted molar refractivity (Wildman–Crippen MR) is 162 cm³/mol. The standard InChI is InChI=1S/C34H39F6N3O4/c1-21-8-9-23(15-22(21)2)16-27-20-42(11-6-7-28-29(46-14-10-41-28)31(45)47-32(3,4)5)12-13-43(27)30(44)24-17-25(33(35,36)37)19-26(18-24)34(38,39)40/h8-9,15,17-19,27-29,41H,10-14,16,20H2,1-5H3/t27-,28-,29?/m1/s1. The quantitative estimate of drug-likeness (QED) is 0.261. The van der Waals surface area contributed by atoms with Crippen molar-refractivity contribution in [2.24, 2.45) is 0 Å². The van der Waals surface area contributed by atoms with Crippen LogP contribution in [0.2, 0.25) is 0 Å². The maximum absolute atomic E-state index is 13.7. The molecule has 2 aliphatic rings. The van der Waals surface area contributed by atoms with E-state index in [0.29, 0.717) is 31.7 Å². The normalized spacial score (nSPS) is 21.2. The molecule has 0 aliphatic carbocycles. The van der Waals surface area contributed by atoms with Gasteiger partial charge in [-0.25, -0.2) is 4.79 Å². The number of alkyl halides is 6. The van der Waals surface area contributed by atoms with Crippen LogP contribution < -0.4 is 5.32 Å². The van der Waals surface area contributed by atoms with Gasteiger partial charge >= 0.3 is 18.3 Å². The van der Waals surface area contributed by atoms with Crippen LogP contribution in [-0.2, 0) is 33.0 Å². The second-order valence-corrected chi connectivity index (χ2v) is 12.9. The van der Waals surface area contributed by atoms with Gasteiger partial charge in [-0.2, -0.15) is 26.3 Å². The van der Waals surface area contributed by atoms with Gasteiger partial charge in [0.1, 0.15) is 11.6 Å². The number of esters is 1. The Bertz CT molecular complexity index is 1490. The molecule has 2 aromatic carbocycles. The Kier molecular flexibility index (Phi) is 11.0. The molecule has 2 fully saturated rings. The third kappa shape index (κ3) is 9.72. The number of amides is 1. The fraction of sp³-hybridized carbons (Fsp3) is 0.529. The molecule has 0 aromatic heterocycles. The summed E-state index contributed by atoms with van der Waals surface area (Å²) < 4.78 is 92.5. The second kappa shape index (κ2) is 14.3. The smallest absolute Gasteiger partial charge is 0.416 e. The number of ether oxygens (including phenoxy) is 2. The largest absolute Gasteiger partial charge is 0.458 e. The number of hydrogen-bond acceptors (Lipinski definition) is 6. The van der Waals surface area contributed by atoms with Gasteiger partial charge in [0, 0.05) is 37.8 Å². The summed E-state index contributed by atoms with van der Waals surface area (Å²) in [7, 11) is 0. The molecule has 0 saturated carbocycles. The first-order valence-corrected chi connectivity index (χ1v) is 15.3. The maximum atomic E-state index is 13.7. The number of nitrogens with one attached hydrogen (secondary N) is 1. The predicted octanol–water partition coefficient (Wildman–Crippen LogP) is 5.41. The van der Waals surface area contributed by atoms with E-state index in [-0.39, 0.29) is 32.2 Å². The summed E-state index contributed by atoms with van der Waals surface area (Å²) in [5, 5.41) is 3.16. The number of morpholine rings is 1. The molecule has 1 amide bonds. The minimum atomic E-state index is -5.08. The minimum absolute atomic E-state index is 0.0134. The third-order valence-corrected chi connectivity index (χ3v) is 7.97. The average Bonchev–Trinajstić information content (AvgIpc) is 2.97. The van der Waals surface area contributed by atoms with Crippen LogP contribution in [0.15, 0.2) is 36.4 Å². The highest BCUT2D eigenvalue weighted by molar-refractivity contribution is 5.95. The number of nitrogens with zero attached hydrogens (tertiary/aromatic N) is 2. The number of aryl methyl sites for hydroxylation is 2. The summed E-state index contributed by atoms with van der Waals surface area (Å²) in [5.41, 5.74) is -1.54. The van der Waals surface area contributed by atoms with E-state index in [0.717, 1.165) is 16.7 Å². The monoisotopic (exact) mass is 667 g/mol. The van der Waals surface area contributed by atoms with Gasteiger partial charge in [0.05, 0.1) is 24.3 Å². The molecule has 0 bridgehead atoms. The molecule has 2 aromatic rings. The van der Waals surface area contributed by atoms with Crippen LogP contribution in [0.1, 0.15) is 58.9 Å². The van der Waals surface area contributed by atoms with Crippen molar-refractivity contribution in [3.63, 3.8) is 0 Å². The van der Waals surface area contributed by atoms with Crippen LogP contribution in [0.4, 0.5) is 26.3 Å². The fourth-order valence-corrected chi connectivity index (χ4v) is 5.51.